The molecular weight excluding hydrogens is 320 g/mol. The Bertz CT molecular complexity index is 267. The third-order valence-corrected chi connectivity index (χ3v) is 5.61. The van der Waals surface area contributed by atoms with Gasteiger partial charge in [0.1, 0.15) is 0 Å². The highest BCUT2D eigenvalue weighted by atomic mass is 16.5. The van der Waals surface area contributed by atoms with E-state index in [1.54, 1.807) is 0 Å². The Hall–Kier alpha value is -0.0800. The van der Waals surface area contributed by atoms with Crippen LogP contribution in [0.1, 0.15) is 131 Å². The summed E-state index contributed by atoms with van der Waals surface area (Å²) in [4.78, 5) is 0. The molecule has 0 aromatic rings. The SMILES string of the molecule is CCCCCCCCC(OCC)C(CCCCC)(CCCCC)OCC. The van der Waals surface area contributed by atoms with Crippen molar-refractivity contribution >= 4 is 0 Å². The summed E-state index contributed by atoms with van der Waals surface area (Å²) in [6.07, 6.45) is 19.5. The lowest BCUT2D eigenvalue weighted by Crippen LogP contribution is -2.47. The van der Waals surface area contributed by atoms with Crippen molar-refractivity contribution in [1.29, 1.82) is 0 Å². The molecule has 1 atom stereocenters. The maximum atomic E-state index is 6.51. The first-order chi connectivity index (χ1) is 12.7. The van der Waals surface area contributed by atoms with E-state index >= 15 is 0 Å². The van der Waals surface area contributed by atoms with E-state index < -0.39 is 0 Å². The highest BCUT2D eigenvalue weighted by Crippen LogP contribution is 2.35. The smallest absolute Gasteiger partial charge is 0.0942 e. The molecule has 0 aromatic heterocycles. The van der Waals surface area contributed by atoms with Crippen LogP contribution in [0.4, 0.5) is 0 Å². The van der Waals surface area contributed by atoms with Crippen molar-refractivity contribution in [3.8, 4) is 0 Å². The summed E-state index contributed by atoms with van der Waals surface area (Å²) < 4.78 is 12.8. The molecule has 1 unspecified atom stereocenters. The molecule has 0 radical (unpaired) electrons. The van der Waals surface area contributed by atoms with Crippen LogP contribution in [-0.4, -0.2) is 24.9 Å². The van der Waals surface area contributed by atoms with Crippen LogP contribution < -0.4 is 0 Å². The zero-order valence-corrected chi connectivity index (χ0v) is 18.9. The van der Waals surface area contributed by atoms with Crippen LogP contribution in [0.3, 0.4) is 0 Å². The van der Waals surface area contributed by atoms with Crippen LogP contribution in [0.5, 0.6) is 0 Å². The predicted octanol–water partition coefficient (Wildman–Crippen LogP) is 8.08. The first-order valence-electron chi connectivity index (χ1n) is 12.0. The Morgan fingerprint density at radius 1 is 0.577 bits per heavy atom. The molecule has 0 saturated heterocycles. The first kappa shape index (κ1) is 25.9. The molecule has 2 heteroatoms. The van der Waals surface area contributed by atoms with Gasteiger partial charge in [0.25, 0.3) is 0 Å². The monoisotopic (exact) mass is 370 g/mol. The molecule has 0 spiro atoms. The van der Waals surface area contributed by atoms with Gasteiger partial charge in [-0.3, -0.25) is 0 Å². The van der Waals surface area contributed by atoms with Crippen LogP contribution in [0.25, 0.3) is 0 Å². The maximum Gasteiger partial charge on any atom is 0.0942 e. The van der Waals surface area contributed by atoms with Crippen LogP contribution >= 0.6 is 0 Å². The largest absolute Gasteiger partial charge is 0.376 e. The van der Waals surface area contributed by atoms with Crippen molar-refractivity contribution in [2.24, 2.45) is 0 Å². The van der Waals surface area contributed by atoms with Gasteiger partial charge in [-0.05, 0) is 33.1 Å². The fourth-order valence-electron chi connectivity index (χ4n) is 4.13. The van der Waals surface area contributed by atoms with E-state index in [-0.39, 0.29) is 11.7 Å². The van der Waals surface area contributed by atoms with Gasteiger partial charge in [-0.15, -0.1) is 0 Å². The van der Waals surface area contributed by atoms with Crippen LogP contribution in [-0.2, 0) is 9.47 Å². The van der Waals surface area contributed by atoms with Gasteiger partial charge in [0.15, 0.2) is 0 Å². The molecule has 0 aromatic carbocycles. The van der Waals surface area contributed by atoms with Crippen LogP contribution in [0.15, 0.2) is 0 Å². The summed E-state index contributed by atoms with van der Waals surface area (Å²) in [6.45, 7) is 12.8. The summed E-state index contributed by atoms with van der Waals surface area (Å²) in [6, 6.07) is 0. The fraction of sp³-hybridized carbons (Fsp3) is 1.00. The molecule has 0 amide bonds. The Morgan fingerprint density at radius 2 is 1.08 bits per heavy atom. The topological polar surface area (TPSA) is 18.5 Å². The second kappa shape index (κ2) is 18.3. The average Bonchev–Trinajstić information content (AvgIpc) is 2.64. The van der Waals surface area contributed by atoms with Crippen LogP contribution in [0.2, 0.25) is 0 Å². The average molecular weight is 371 g/mol. The van der Waals surface area contributed by atoms with E-state index in [1.165, 1.54) is 89.9 Å². The standard InChI is InChI=1S/C24H50O2/c1-6-11-14-15-16-17-20-23(25-9-4)24(26-10-5,21-18-12-7-2)22-19-13-8-3/h23H,6-22H2,1-5H3. The van der Waals surface area contributed by atoms with Gasteiger partial charge in [-0.2, -0.15) is 0 Å². The van der Waals surface area contributed by atoms with Crippen molar-refractivity contribution < 1.29 is 9.47 Å². The number of unbranched alkanes of at least 4 members (excludes halogenated alkanes) is 9. The minimum atomic E-state index is -0.0570. The maximum absolute atomic E-state index is 6.51. The van der Waals surface area contributed by atoms with Gasteiger partial charge in [-0.25, -0.2) is 0 Å². The van der Waals surface area contributed by atoms with Gasteiger partial charge >= 0.3 is 0 Å². The molecule has 0 N–H and O–H groups in total. The molecule has 0 rings (SSSR count). The third-order valence-electron chi connectivity index (χ3n) is 5.61. The van der Waals surface area contributed by atoms with Crippen molar-refractivity contribution in [1.82, 2.24) is 0 Å². The molecule has 2 nitrogen and oxygen atoms in total. The van der Waals surface area contributed by atoms with E-state index in [1.807, 2.05) is 0 Å². The molecular formula is C24H50O2. The molecule has 0 heterocycles. The van der Waals surface area contributed by atoms with Gasteiger partial charge < -0.3 is 9.47 Å². The normalized spacial score (nSPS) is 13.3. The second-order valence-corrected chi connectivity index (χ2v) is 7.91. The zero-order chi connectivity index (χ0) is 19.5. The Balaban J connectivity index is 4.89. The van der Waals surface area contributed by atoms with Crippen LogP contribution in [0, 0.1) is 0 Å². The molecule has 0 fully saturated rings. The molecule has 0 bridgehead atoms. The van der Waals surface area contributed by atoms with E-state index in [2.05, 4.69) is 34.6 Å². The predicted molar refractivity (Wildman–Crippen MR) is 116 cm³/mol. The summed E-state index contributed by atoms with van der Waals surface area (Å²) in [7, 11) is 0. The quantitative estimate of drug-likeness (QED) is 0.202. The number of hydrogen-bond acceptors (Lipinski definition) is 2. The van der Waals surface area contributed by atoms with Gasteiger partial charge in [0, 0.05) is 13.2 Å². The zero-order valence-electron chi connectivity index (χ0n) is 18.9. The van der Waals surface area contributed by atoms with Gasteiger partial charge in [-0.1, -0.05) is 97.8 Å². The van der Waals surface area contributed by atoms with Gasteiger partial charge in [0.05, 0.1) is 11.7 Å². The second-order valence-electron chi connectivity index (χ2n) is 7.91. The summed E-state index contributed by atoms with van der Waals surface area (Å²) >= 11 is 0. The lowest BCUT2D eigenvalue weighted by Gasteiger charge is -2.41. The highest BCUT2D eigenvalue weighted by Gasteiger charge is 2.39. The Kier molecular flexibility index (Phi) is 18.2. The lowest BCUT2D eigenvalue weighted by atomic mass is 9.82. The van der Waals surface area contributed by atoms with Crippen molar-refractivity contribution in [3.05, 3.63) is 0 Å². The fourth-order valence-corrected chi connectivity index (χ4v) is 4.13. The van der Waals surface area contributed by atoms with Crippen molar-refractivity contribution in [2.75, 3.05) is 13.2 Å². The van der Waals surface area contributed by atoms with E-state index in [0.717, 1.165) is 19.6 Å². The molecule has 0 aliphatic heterocycles. The summed E-state index contributed by atoms with van der Waals surface area (Å²) in [5.74, 6) is 0. The van der Waals surface area contributed by atoms with Crippen molar-refractivity contribution in [2.45, 2.75) is 143 Å². The minimum absolute atomic E-state index is 0.0570. The van der Waals surface area contributed by atoms with E-state index in [9.17, 15) is 0 Å². The van der Waals surface area contributed by atoms with Crippen molar-refractivity contribution in [3.63, 3.8) is 0 Å². The van der Waals surface area contributed by atoms with E-state index in [4.69, 9.17) is 9.47 Å². The first-order valence-corrected chi connectivity index (χ1v) is 12.0. The Morgan fingerprint density at radius 3 is 1.58 bits per heavy atom. The molecule has 0 aliphatic rings. The molecule has 26 heavy (non-hydrogen) atoms. The molecule has 0 aliphatic carbocycles. The lowest BCUT2D eigenvalue weighted by molar-refractivity contribution is -0.155. The van der Waals surface area contributed by atoms with E-state index in [0.29, 0.717) is 0 Å². The number of rotatable bonds is 20. The van der Waals surface area contributed by atoms with Gasteiger partial charge in [0.2, 0.25) is 0 Å². The number of ether oxygens (including phenoxy) is 2. The minimum Gasteiger partial charge on any atom is -0.376 e. The molecule has 158 valence electrons. The molecule has 0 saturated carbocycles. The number of hydrogen-bond donors (Lipinski definition) is 0. The summed E-state index contributed by atoms with van der Waals surface area (Å²) in [5, 5.41) is 0. The third kappa shape index (κ3) is 11.6. The Labute approximate surface area is 165 Å². The highest BCUT2D eigenvalue weighted by molar-refractivity contribution is 4.90. The summed E-state index contributed by atoms with van der Waals surface area (Å²) in [5.41, 5.74) is -0.0570.